The van der Waals surface area contributed by atoms with Crippen LogP contribution in [0.15, 0.2) is 15.5 Å². The highest BCUT2D eigenvalue weighted by molar-refractivity contribution is 7.89. The van der Waals surface area contributed by atoms with Crippen molar-refractivity contribution in [3.05, 3.63) is 16.8 Å². The summed E-state index contributed by atoms with van der Waals surface area (Å²) in [5.74, 6) is 0.975. The minimum atomic E-state index is -3.61. The summed E-state index contributed by atoms with van der Waals surface area (Å²) >= 11 is 1.34. The maximum atomic E-state index is 13.2. The monoisotopic (exact) mass is 438 g/mol. The molecule has 0 atom stereocenters. The van der Waals surface area contributed by atoms with E-state index in [1.807, 2.05) is 4.90 Å². The number of aromatic nitrogens is 2. The molecule has 0 saturated carbocycles. The van der Waals surface area contributed by atoms with Gasteiger partial charge in [0.05, 0.1) is 9.77 Å². The van der Waals surface area contributed by atoms with E-state index < -0.39 is 10.0 Å². The molecule has 4 rings (SSSR count). The Balaban J connectivity index is 1.45. The van der Waals surface area contributed by atoms with Crippen LogP contribution < -0.4 is 0 Å². The highest BCUT2D eigenvalue weighted by Crippen LogP contribution is 2.35. The van der Waals surface area contributed by atoms with Gasteiger partial charge in [0.15, 0.2) is 0 Å². The third kappa shape index (κ3) is 4.10. The van der Waals surface area contributed by atoms with E-state index in [1.165, 1.54) is 22.1 Å². The smallest absolute Gasteiger partial charge is 0.244 e. The molecule has 0 aliphatic carbocycles. The largest absolute Gasteiger partial charge is 0.342 e. The lowest BCUT2D eigenvalue weighted by atomic mass is 9.95. The molecule has 8 nitrogen and oxygen atoms in total. The molecule has 0 bridgehead atoms. The van der Waals surface area contributed by atoms with Gasteiger partial charge in [0, 0.05) is 43.9 Å². The van der Waals surface area contributed by atoms with Crippen molar-refractivity contribution in [2.75, 3.05) is 26.2 Å². The predicted octanol–water partition coefficient (Wildman–Crippen LogP) is 2.83. The maximum Gasteiger partial charge on any atom is 0.244 e. The van der Waals surface area contributed by atoms with Gasteiger partial charge < -0.3 is 9.42 Å². The van der Waals surface area contributed by atoms with E-state index in [9.17, 15) is 13.2 Å². The molecule has 0 radical (unpaired) electrons. The summed E-state index contributed by atoms with van der Waals surface area (Å²) in [6.45, 7) is 5.91. The van der Waals surface area contributed by atoms with Crippen LogP contribution >= 0.6 is 11.3 Å². The van der Waals surface area contributed by atoms with Gasteiger partial charge >= 0.3 is 0 Å². The molecule has 2 aromatic rings. The average molecular weight is 439 g/mol. The van der Waals surface area contributed by atoms with Crippen LogP contribution in [0.4, 0.5) is 0 Å². The molecule has 1 amide bonds. The van der Waals surface area contributed by atoms with Crippen molar-refractivity contribution in [1.29, 1.82) is 0 Å². The van der Waals surface area contributed by atoms with Gasteiger partial charge in [-0.15, -0.1) is 11.3 Å². The third-order valence-electron chi connectivity index (χ3n) is 5.71. The van der Waals surface area contributed by atoms with Crippen LogP contribution in [0.1, 0.15) is 42.9 Å². The molecule has 10 heteroatoms. The average Bonchev–Trinajstić information content (AvgIpc) is 3.34. The number of carbonyl (C=O) groups is 1. The van der Waals surface area contributed by atoms with Crippen molar-refractivity contribution in [3.63, 3.8) is 0 Å². The van der Waals surface area contributed by atoms with E-state index in [2.05, 4.69) is 10.1 Å². The number of aryl methyl sites for hydroxylation is 2. The van der Waals surface area contributed by atoms with E-state index in [-0.39, 0.29) is 11.8 Å². The summed E-state index contributed by atoms with van der Waals surface area (Å²) in [6.07, 6.45) is 4.48. The number of nitrogens with zero attached hydrogens (tertiary/aromatic N) is 4. The van der Waals surface area contributed by atoms with Crippen LogP contribution in [0.25, 0.3) is 10.7 Å². The molecule has 2 saturated heterocycles. The minimum absolute atomic E-state index is 0.0685. The van der Waals surface area contributed by atoms with Crippen molar-refractivity contribution in [2.45, 2.75) is 50.8 Å². The maximum absolute atomic E-state index is 13.2. The van der Waals surface area contributed by atoms with Gasteiger partial charge in [-0.1, -0.05) is 5.16 Å². The Morgan fingerprint density at radius 1 is 1.14 bits per heavy atom. The van der Waals surface area contributed by atoms with Crippen LogP contribution in [-0.2, 0) is 14.8 Å². The summed E-state index contributed by atoms with van der Waals surface area (Å²) in [6, 6.07) is 1.63. The number of amides is 1. The molecule has 2 aliphatic rings. The summed E-state index contributed by atoms with van der Waals surface area (Å²) in [7, 11) is -3.61. The minimum Gasteiger partial charge on any atom is -0.342 e. The van der Waals surface area contributed by atoms with E-state index in [1.54, 1.807) is 19.9 Å². The standard InChI is InChI=1S/C19H26N4O4S2/c1-13-17(12-16(28-13)18-20-14(2)27-21-18)29(25,26)23-10-6-15(7-11-23)19(24)22-8-4-3-5-9-22/h12,15H,3-11H2,1-2H3. The third-order valence-corrected chi connectivity index (χ3v) is 8.91. The molecule has 0 unspecified atom stereocenters. The lowest BCUT2D eigenvalue weighted by Crippen LogP contribution is -2.45. The van der Waals surface area contributed by atoms with Crippen molar-refractivity contribution >= 4 is 27.3 Å². The van der Waals surface area contributed by atoms with E-state index in [0.29, 0.717) is 52.3 Å². The molecule has 158 valence electrons. The lowest BCUT2D eigenvalue weighted by molar-refractivity contribution is -0.137. The summed E-state index contributed by atoms with van der Waals surface area (Å²) in [5, 5.41) is 3.88. The van der Waals surface area contributed by atoms with Gasteiger partial charge in [-0.05, 0) is 45.1 Å². The fourth-order valence-electron chi connectivity index (χ4n) is 4.09. The normalized spacial score (nSPS) is 19.6. The summed E-state index contributed by atoms with van der Waals surface area (Å²) in [4.78, 5) is 20.5. The first-order valence-corrected chi connectivity index (χ1v) is 12.3. The number of sulfonamides is 1. The van der Waals surface area contributed by atoms with Crippen LogP contribution in [0, 0.1) is 19.8 Å². The molecule has 29 heavy (non-hydrogen) atoms. The first-order valence-electron chi connectivity index (χ1n) is 10.1. The van der Waals surface area contributed by atoms with Crippen LogP contribution in [0.5, 0.6) is 0 Å². The second-order valence-electron chi connectivity index (χ2n) is 7.73. The molecule has 4 heterocycles. The van der Waals surface area contributed by atoms with Crippen LogP contribution in [0.3, 0.4) is 0 Å². The predicted molar refractivity (Wildman–Crippen MR) is 109 cm³/mol. The van der Waals surface area contributed by atoms with Gasteiger partial charge in [-0.25, -0.2) is 8.42 Å². The number of thiophene rings is 1. The lowest BCUT2D eigenvalue weighted by Gasteiger charge is -2.35. The summed E-state index contributed by atoms with van der Waals surface area (Å²) < 4.78 is 32.9. The number of carbonyl (C=O) groups excluding carboxylic acids is 1. The zero-order chi connectivity index (χ0) is 20.6. The van der Waals surface area contributed by atoms with Gasteiger partial charge in [0.1, 0.15) is 0 Å². The second-order valence-corrected chi connectivity index (χ2v) is 10.9. The van der Waals surface area contributed by atoms with Gasteiger partial charge in [0.25, 0.3) is 0 Å². The molecule has 0 aromatic carbocycles. The van der Waals surface area contributed by atoms with E-state index in [4.69, 9.17) is 4.52 Å². The number of hydrogen-bond acceptors (Lipinski definition) is 7. The summed E-state index contributed by atoms with van der Waals surface area (Å²) in [5.41, 5.74) is 0. The van der Waals surface area contributed by atoms with Gasteiger partial charge in [-0.3, -0.25) is 4.79 Å². The molecular weight excluding hydrogens is 412 g/mol. The van der Waals surface area contributed by atoms with Gasteiger partial charge in [-0.2, -0.15) is 9.29 Å². The zero-order valence-electron chi connectivity index (χ0n) is 16.8. The molecule has 2 fully saturated rings. The first kappa shape index (κ1) is 20.5. The Labute approximate surface area is 174 Å². The molecule has 2 aliphatic heterocycles. The number of piperidine rings is 2. The first-order chi connectivity index (χ1) is 13.9. The van der Waals surface area contributed by atoms with Crippen molar-refractivity contribution in [3.8, 4) is 10.7 Å². The SMILES string of the molecule is Cc1nc(-c2cc(S(=O)(=O)N3CCC(C(=O)N4CCCCC4)CC3)c(C)s2)no1. The van der Waals surface area contributed by atoms with Crippen molar-refractivity contribution < 1.29 is 17.7 Å². The molecule has 0 spiro atoms. The highest BCUT2D eigenvalue weighted by Gasteiger charge is 2.35. The number of hydrogen-bond donors (Lipinski definition) is 0. The Morgan fingerprint density at radius 2 is 1.83 bits per heavy atom. The number of likely N-dealkylation sites (tertiary alicyclic amines) is 1. The highest BCUT2D eigenvalue weighted by atomic mass is 32.2. The fraction of sp³-hybridized carbons (Fsp3) is 0.632. The van der Waals surface area contributed by atoms with Crippen molar-refractivity contribution in [2.24, 2.45) is 5.92 Å². The number of rotatable bonds is 4. The van der Waals surface area contributed by atoms with Crippen molar-refractivity contribution in [1.82, 2.24) is 19.3 Å². The van der Waals surface area contributed by atoms with Gasteiger partial charge in [0.2, 0.25) is 27.6 Å². The topological polar surface area (TPSA) is 96.6 Å². The van der Waals surface area contributed by atoms with Crippen LogP contribution in [-0.4, -0.2) is 59.8 Å². The Kier molecular flexibility index (Phi) is 5.76. The molecule has 0 N–H and O–H groups in total. The Hall–Kier alpha value is -1.78. The van der Waals surface area contributed by atoms with E-state index in [0.717, 1.165) is 25.9 Å². The molecule has 2 aromatic heterocycles. The quantitative estimate of drug-likeness (QED) is 0.728. The van der Waals surface area contributed by atoms with Crippen LogP contribution in [0.2, 0.25) is 0 Å². The second kappa shape index (κ2) is 8.16. The Bertz CT molecular complexity index is 984. The molecular formula is C19H26N4O4S2. The fourth-order valence-corrected chi connectivity index (χ4v) is 7.04. The Morgan fingerprint density at radius 3 is 2.45 bits per heavy atom. The zero-order valence-corrected chi connectivity index (χ0v) is 18.4. The van der Waals surface area contributed by atoms with E-state index >= 15 is 0 Å².